The van der Waals surface area contributed by atoms with E-state index in [1.54, 1.807) is 18.2 Å². The van der Waals surface area contributed by atoms with E-state index in [1.165, 1.54) is 0 Å². The van der Waals surface area contributed by atoms with Crippen LogP contribution in [0.15, 0.2) is 22.7 Å². The van der Waals surface area contributed by atoms with Gasteiger partial charge in [0.1, 0.15) is 18.2 Å². The van der Waals surface area contributed by atoms with Crippen molar-refractivity contribution in [2.45, 2.75) is 13.8 Å². The quantitative estimate of drug-likeness (QED) is 0.462. The summed E-state index contributed by atoms with van der Waals surface area (Å²) in [6.07, 6.45) is 0. The molecule has 0 aliphatic rings. The van der Waals surface area contributed by atoms with Crippen molar-refractivity contribution in [2.75, 3.05) is 19.8 Å². The summed E-state index contributed by atoms with van der Waals surface area (Å²) in [5, 5.41) is 7.37. The molecular formula is C13H19BrN2O2. The molecule has 0 saturated carbocycles. The van der Waals surface area contributed by atoms with E-state index in [2.05, 4.69) is 29.8 Å². The van der Waals surface area contributed by atoms with Crippen molar-refractivity contribution in [3.63, 3.8) is 0 Å². The van der Waals surface area contributed by atoms with Gasteiger partial charge in [-0.05, 0) is 40.0 Å². The van der Waals surface area contributed by atoms with E-state index in [-0.39, 0.29) is 5.84 Å². The summed E-state index contributed by atoms with van der Waals surface area (Å²) in [5.74, 6) is 1.31. The van der Waals surface area contributed by atoms with Crippen LogP contribution in [0.5, 0.6) is 5.75 Å². The number of benzene rings is 1. The van der Waals surface area contributed by atoms with Crippen LogP contribution in [-0.2, 0) is 4.74 Å². The van der Waals surface area contributed by atoms with Gasteiger partial charge in [0.15, 0.2) is 0 Å². The monoisotopic (exact) mass is 314 g/mol. The zero-order valence-electron chi connectivity index (χ0n) is 10.7. The van der Waals surface area contributed by atoms with Crippen LogP contribution in [0, 0.1) is 11.3 Å². The Kier molecular flexibility index (Phi) is 6.15. The number of hydrogen-bond acceptors (Lipinski definition) is 3. The highest BCUT2D eigenvalue weighted by atomic mass is 79.9. The van der Waals surface area contributed by atoms with Crippen molar-refractivity contribution >= 4 is 21.8 Å². The molecular weight excluding hydrogens is 296 g/mol. The van der Waals surface area contributed by atoms with Crippen molar-refractivity contribution in [3.05, 3.63) is 28.2 Å². The number of nitrogens with one attached hydrogen (secondary N) is 1. The maximum atomic E-state index is 7.37. The van der Waals surface area contributed by atoms with Crippen LogP contribution < -0.4 is 10.5 Å². The fourth-order valence-electron chi connectivity index (χ4n) is 1.34. The van der Waals surface area contributed by atoms with Crippen LogP contribution in [0.25, 0.3) is 0 Å². The molecule has 0 bridgehead atoms. The third-order valence-corrected chi connectivity index (χ3v) is 2.83. The summed E-state index contributed by atoms with van der Waals surface area (Å²) in [4.78, 5) is 0. The molecule has 0 radical (unpaired) electrons. The molecule has 0 heterocycles. The molecule has 0 unspecified atom stereocenters. The summed E-state index contributed by atoms with van der Waals surface area (Å²) >= 11 is 3.36. The molecule has 4 nitrogen and oxygen atoms in total. The number of nitrogen functional groups attached to an aromatic ring is 1. The second kappa shape index (κ2) is 7.38. The molecule has 1 aromatic carbocycles. The van der Waals surface area contributed by atoms with Gasteiger partial charge in [-0.3, -0.25) is 5.41 Å². The summed E-state index contributed by atoms with van der Waals surface area (Å²) in [7, 11) is 0. The first-order valence-electron chi connectivity index (χ1n) is 5.85. The minimum absolute atomic E-state index is 0.0358. The Balaban J connectivity index is 2.39. The average molecular weight is 315 g/mol. The molecule has 0 amide bonds. The van der Waals surface area contributed by atoms with E-state index in [1.807, 2.05) is 0 Å². The summed E-state index contributed by atoms with van der Waals surface area (Å²) in [5.41, 5.74) is 6.09. The van der Waals surface area contributed by atoms with Crippen molar-refractivity contribution in [1.82, 2.24) is 0 Å². The van der Waals surface area contributed by atoms with Gasteiger partial charge in [-0.2, -0.15) is 0 Å². The van der Waals surface area contributed by atoms with E-state index >= 15 is 0 Å². The van der Waals surface area contributed by atoms with Gasteiger partial charge in [0, 0.05) is 16.6 Å². The van der Waals surface area contributed by atoms with Crippen molar-refractivity contribution in [3.8, 4) is 5.75 Å². The van der Waals surface area contributed by atoms with Crippen LogP contribution in [0.2, 0.25) is 0 Å². The molecule has 5 heteroatoms. The Morgan fingerprint density at radius 1 is 1.39 bits per heavy atom. The molecule has 0 fully saturated rings. The lowest BCUT2D eigenvalue weighted by Crippen LogP contribution is -2.12. The lowest BCUT2D eigenvalue weighted by Gasteiger charge is -2.10. The standard InChI is InChI=1S/C13H19BrN2O2/c1-9(2)8-17-5-6-18-10-3-4-11(13(15)16)12(14)7-10/h3-4,7,9H,5-6,8H2,1-2H3,(H3,15,16). The van der Waals surface area contributed by atoms with Gasteiger partial charge in [-0.25, -0.2) is 0 Å². The van der Waals surface area contributed by atoms with E-state index in [4.69, 9.17) is 20.6 Å². The number of ether oxygens (including phenoxy) is 2. The number of nitrogens with two attached hydrogens (primary N) is 1. The van der Waals surface area contributed by atoms with Crippen LogP contribution in [0.4, 0.5) is 0 Å². The van der Waals surface area contributed by atoms with Crippen molar-refractivity contribution < 1.29 is 9.47 Å². The fraction of sp³-hybridized carbons (Fsp3) is 0.462. The first kappa shape index (κ1) is 15.0. The van der Waals surface area contributed by atoms with E-state index < -0.39 is 0 Å². The Hall–Kier alpha value is -1.07. The smallest absolute Gasteiger partial charge is 0.123 e. The zero-order valence-corrected chi connectivity index (χ0v) is 12.3. The van der Waals surface area contributed by atoms with Gasteiger partial charge in [-0.1, -0.05) is 13.8 Å². The minimum Gasteiger partial charge on any atom is -0.491 e. The number of amidine groups is 1. The van der Waals surface area contributed by atoms with Crippen molar-refractivity contribution in [1.29, 1.82) is 5.41 Å². The van der Waals surface area contributed by atoms with E-state index in [0.717, 1.165) is 16.8 Å². The van der Waals surface area contributed by atoms with Crippen LogP contribution in [-0.4, -0.2) is 25.7 Å². The first-order valence-corrected chi connectivity index (χ1v) is 6.64. The van der Waals surface area contributed by atoms with E-state index in [0.29, 0.717) is 24.7 Å². The minimum atomic E-state index is 0.0358. The van der Waals surface area contributed by atoms with Gasteiger partial charge in [0.05, 0.1) is 6.61 Å². The van der Waals surface area contributed by atoms with Gasteiger partial charge in [0.25, 0.3) is 0 Å². The second-order valence-corrected chi connectivity index (χ2v) is 5.23. The highest BCUT2D eigenvalue weighted by molar-refractivity contribution is 9.10. The molecule has 0 spiro atoms. The molecule has 0 aromatic heterocycles. The van der Waals surface area contributed by atoms with Crippen LogP contribution in [0.1, 0.15) is 19.4 Å². The molecule has 0 saturated heterocycles. The maximum Gasteiger partial charge on any atom is 0.123 e. The van der Waals surface area contributed by atoms with Gasteiger partial charge < -0.3 is 15.2 Å². The maximum absolute atomic E-state index is 7.37. The molecule has 1 rings (SSSR count). The van der Waals surface area contributed by atoms with Gasteiger partial charge in [0.2, 0.25) is 0 Å². The molecule has 0 atom stereocenters. The Labute approximate surface area is 116 Å². The van der Waals surface area contributed by atoms with E-state index in [9.17, 15) is 0 Å². The Morgan fingerprint density at radius 3 is 2.67 bits per heavy atom. The molecule has 18 heavy (non-hydrogen) atoms. The number of rotatable bonds is 7. The third kappa shape index (κ3) is 5.06. The first-order chi connectivity index (χ1) is 8.50. The zero-order chi connectivity index (χ0) is 13.5. The predicted octanol–water partition coefficient (Wildman–Crippen LogP) is 2.78. The molecule has 0 aliphatic heterocycles. The highest BCUT2D eigenvalue weighted by Gasteiger charge is 2.04. The lowest BCUT2D eigenvalue weighted by molar-refractivity contribution is 0.0819. The largest absolute Gasteiger partial charge is 0.491 e. The van der Waals surface area contributed by atoms with Crippen LogP contribution >= 0.6 is 15.9 Å². The predicted molar refractivity (Wildman–Crippen MR) is 76.3 cm³/mol. The third-order valence-electron chi connectivity index (χ3n) is 2.18. The molecule has 3 N–H and O–H groups in total. The molecule has 0 aliphatic carbocycles. The fourth-order valence-corrected chi connectivity index (χ4v) is 1.91. The summed E-state index contributed by atoms with van der Waals surface area (Å²) in [6.45, 7) is 6.05. The highest BCUT2D eigenvalue weighted by Crippen LogP contribution is 2.22. The second-order valence-electron chi connectivity index (χ2n) is 4.37. The Bertz CT molecular complexity index is 408. The van der Waals surface area contributed by atoms with Crippen LogP contribution in [0.3, 0.4) is 0 Å². The average Bonchev–Trinajstić information content (AvgIpc) is 2.27. The van der Waals surface area contributed by atoms with Gasteiger partial charge in [-0.15, -0.1) is 0 Å². The Morgan fingerprint density at radius 2 is 2.11 bits per heavy atom. The summed E-state index contributed by atoms with van der Waals surface area (Å²) in [6, 6.07) is 5.36. The number of hydrogen-bond donors (Lipinski definition) is 2. The van der Waals surface area contributed by atoms with Crippen molar-refractivity contribution in [2.24, 2.45) is 11.7 Å². The normalized spacial score (nSPS) is 10.7. The SMILES string of the molecule is CC(C)COCCOc1ccc(C(=N)N)c(Br)c1. The lowest BCUT2D eigenvalue weighted by atomic mass is 10.2. The van der Waals surface area contributed by atoms with Gasteiger partial charge >= 0.3 is 0 Å². The number of halogens is 1. The summed E-state index contributed by atoms with van der Waals surface area (Å²) < 4.78 is 11.7. The molecule has 1 aromatic rings. The topological polar surface area (TPSA) is 68.3 Å². The molecule has 100 valence electrons.